The van der Waals surface area contributed by atoms with Gasteiger partial charge >= 0.3 is 0 Å². The van der Waals surface area contributed by atoms with Crippen LogP contribution in [0.15, 0.2) is 0 Å². The second-order valence-electron chi connectivity index (χ2n) is 6.02. The van der Waals surface area contributed by atoms with Crippen molar-refractivity contribution in [3.05, 3.63) is 11.4 Å². The van der Waals surface area contributed by atoms with Gasteiger partial charge in [0, 0.05) is 18.7 Å². The van der Waals surface area contributed by atoms with E-state index < -0.39 is 0 Å². The van der Waals surface area contributed by atoms with Gasteiger partial charge in [0.2, 0.25) is 0 Å². The topological polar surface area (TPSA) is 67.1 Å². The number of piperidine rings is 1. The molecule has 2 bridgehead atoms. The van der Waals surface area contributed by atoms with Gasteiger partial charge in [-0.2, -0.15) is 0 Å². The Balaban J connectivity index is 1.91. The van der Waals surface area contributed by atoms with Crippen LogP contribution in [-0.2, 0) is 0 Å². The zero-order valence-electron chi connectivity index (χ0n) is 11.8. The van der Waals surface area contributed by atoms with E-state index in [0.29, 0.717) is 0 Å². The van der Waals surface area contributed by atoms with E-state index in [-0.39, 0.29) is 0 Å². The number of hydrogen-bond acceptors (Lipinski definition) is 5. The Kier molecular flexibility index (Phi) is 3.31. The maximum absolute atomic E-state index is 5.55. The van der Waals surface area contributed by atoms with Crippen LogP contribution in [0.3, 0.4) is 0 Å². The summed E-state index contributed by atoms with van der Waals surface area (Å²) in [4.78, 5) is 11.4. The van der Waals surface area contributed by atoms with Crippen LogP contribution < -0.4 is 16.2 Å². The molecule has 5 nitrogen and oxygen atoms in total. The number of aryl methyl sites for hydroxylation is 1. The van der Waals surface area contributed by atoms with Crippen molar-refractivity contribution in [2.45, 2.75) is 39.5 Å². The van der Waals surface area contributed by atoms with Crippen LogP contribution in [0.5, 0.6) is 0 Å². The number of nitrogen functional groups attached to an aromatic ring is 1. The van der Waals surface area contributed by atoms with Gasteiger partial charge in [-0.1, -0.05) is 6.42 Å². The van der Waals surface area contributed by atoms with Crippen molar-refractivity contribution >= 4 is 11.6 Å². The molecular weight excluding hydrogens is 238 g/mol. The van der Waals surface area contributed by atoms with Gasteiger partial charge in [-0.05, 0) is 44.9 Å². The number of aromatic nitrogens is 2. The Labute approximate surface area is 114 Å². The van der Waals surface area contributed by atoms with Gasteiger partial charge in [0.1, 0.15) is 17.5 Å². The van der Waals surface area contributed by atoms with Crippen molar-refractivity contribution in [1.29, 1.82) is 0 Å². The van der Waals surface area contributed by atoms with Crippen molar-refractivity contribution < 1.29 is 0 Å². The fourth-order valence-electron chi connectivity index (χ4n) is 3.67. The molecule has 0 radical (unpaired) electrons. The molecule has 1 aromatic rings. The zero-order valence-corrected chi connectivity index (χ0v) is 11.8. The molecule has 1 saturated carbocycles. The fraction of sp³-hybridized carbons (Fsp3) is 0.714. The quantitative estimate of drug-likeness (QED) is 0.629. The van der Waals surface area contributed by atoms with Gasteiger partial charge in [-0.25, -0.2) is 15.8 Å². The van der Waals surface area contributed by atoms with E-state index in [2.05, 4.69) is 20.3 Å². The highest BCUT2D eigenvalue weighted by Gasteiger charge is 2.32. The molecule has 5 heteroatoms. The highest BCUT2D eigenvalue weighted by molar-refractivity contribution is 5.58. The molecule has 0 aromatic carbocycles. The number of fused-ring (bicyclic) bond motifs is 2. The van der Waals surface area contributed by atoms with Crippen molar-refractivity contribution in [3.63, 3.8) is 0 Å². The van der Waals surface area contributed by atoms with E-state index in [0.717, 1.165) is 47.9 Å². The van der Waals surface area contributed by atoms with Gasteiger partial charge in [0.25, 0.3) is 0 Å². The number of rotatable bonds is 2. The molecule has 0 amide bonds. The Morgan fingerprint density at radius 2 is 1.84 bits per heavy atom. The predicted molar refractivity (Wildman–Crippen MR) is 77.0 cm³/mol. The fourth-order valence-corrected chi connectivity index (χ4v) is 3.67. The van der Waals surface area contributed by atoms with Crippen molar-refractivity contribution in [2.75, 3.05) is 23.4 Å². The summed E-state index contributed by atoms with van der Waals surface area (Å²) in [5.74, 6) is 9.84. The van der Waals surface area contributed by atoms with E-state index in [1.807, 2.05) is 13.8 Å². The Hall–Kier alpha value is -1.36. The van der Waals surface area contributed by atoms with Crippen molar-refractivity contribution in [1.82, 2.24) is 9.97 Å². The molecule has 2 unspecified atom stereocenters. The molecule has 19 heavy (non-hydrogen) atoms. The molecule has 2 fully saturated rings. The lowest BCUT2D eigenvalue weighted by molar-refractivity contribution is 0.230. The summed E-state index contributed by atoms with van der Waals surface area (Å²) < 4.78 is 0. The van der Waals surface area contributed by atoms with Crippen LogP contribution in [0.4, 0.5) is 11.6 Å². The maximum Gasteiger partial charge on any atom is 0.148 e. The lowest BCUT2D eigenvalue weighted by atomic mass is 9.78. The number of nitrogens with two attached hydrogens (primary N) is 1. The number of hydrazine groups is 1. The first-order valence-corrected chi connectivity index (χ1v) is 7.24. The molecule has 1 aromatic heterocycles. The average molecular weight is 261 g/mol. The molecule has 1 saturated heterocycles. The minimum Gasteiger partial charge on any atom is -0.356 e. The van der Waals surface area contributed by atoms with Crippen LogP contribution in [0.2, 0.25) is 0 Å². The number of nitrogens with zero attached hydrogens (tertiary/aromatic N) is 3. The number of nitrogens with one attached hydrogen (secondary N) is 1. The summed E-state index contributed by atoms with van der Waals surface area (Å²) in [5.41, 5.74) is 3.75. The van der Waals surface area contributed by atoms with Gasteiger partial charge in [-0.3, -0.25) is 0 Å². The van der Waals surface area contributed by atoms with Gasteiger partial charge in [0.05, 0.1) is 0 Å². The molecular formula is C14H23N5. The highest BCUT2D eigenvalue weighted by Crippen LogP contribution is 2.37. The minimum absolute atomic E-state index is 0.748. The smallest absolute Gasteiger partial charge is 0.148 e. The summed E-state index contributed by atoms with van der Waals surface area (Å²) in [5, 5.41) is 0. The van der Waals surface area contributed by atoms with Crippen LogP contribution >= 0.6 is 0 Å². The lowest BCUT2D eigenvalue weighted by Gasteiger charge is -2.42. The molecule has 2 aliphatic rings. The van der Waals surface area contributed by atoms with Crippen molar-refractivity contribution in [3.8, 4) is 0 Å². The van der Waals surface area contributed by atoms with E-state index in [4.69, 9.17) is 5.84 Å². The number of hydrogen-bond donors (Lipinski definition) is 2. The predicted octanol–water partition coefficient (Wildman–Crippen LogP) is 2.01. The van der Waals surface area contributed by atoms with Crippen LogP contribution in [0.1, 0.15) is 37.1 Å². The Morgan fingerprint density at radius 1 is 1.16 bits per heavy atom. The van der Waals surface area contributed by atoms with Crippen LogP contribution in [0.25, 0.3) is 0 Å². The van der Waals surface area contributed by atoms with Crippen LogP contribution in [0, 0.1) is 25.7 Å². The molecule has 3 rings (SSSR count). The second-order valence-corrected chi connectivity index (χ2v) is 6.02. The van der Waals surface area contributed by atoms with Crippen LogP contribution in [-0.4, -0.2) is 23.1 Å². The Morgan fingerprint density at radius 3 is 2.47 bits per heavy atom. The van der Waals surface area contributed by atoms with Gasteiger partial charge in [-0.15, -0.1) is 0 Å². The Bertz CT molecular complexity index is 461. The molecule has 1 aliphatic heterocycles. The van der Waals surface area contributed by atoms with Gasteiger partial charge < -0.3 is 10.3 Å². The van der Waals surface area contributed by atoms with E-state index in [1.165, 1.54) is 25.7 Å². The molecule has 2 heterocycles. The molecule has 104 valence electrons. The normalized spacial score (nSPS) is 26.4. The van der Waals surface area contributed by atoms with E-state index >= 15 is 0 Å². The zero-order chi connectivity index (χ0) is 13.4. The second kappa shape index (κ2) is 4.96. The summed E-state index contributed by atoms with van der Waals surface area (Å²) in [6, 6.07) is 0. The third-order valence-corrected chi connectivity index (χ3v) is 4.52. The largest absolute Gasteiger partial charge is 0.356 e. The standard InChI is InChI=1S/C14H23N5/c1-9-13(18-15)16-10(2)17-14(9)19-7-11-4-3-5-12(6-11)8-19/h11-12H,3-8,15H2,1-2H3,(H,16,17,18). The summed E-state index contributed by atoms with van der Waals surface area (Å²) >= 11 is 0. The first kappa shape index (κ1) is 12.7. The van der Waals surface area contributed by atoms with E-state index in [1.54, 1.807) is 0 Å². The van der Waals surface area contributed by atoms with E-state index in [9.17, 15) is 0 Å². The third-order valence-electron chi connectivity index (χ3n) is 4.52. The molecule has 0 spiro atoms. The third kappa shape index (κ3) is 2.39. The first-order valence-electron chi connectivity index (χ1n) is 7.24. The number of anilines is 2. The first-order chi connectivity index (χ1) is 9.17. The maximum atomic E-state index is 5.55. The SMILES string of the molecule is Cc1nc(NN)c(C)c(N2CC3CCCC(C3)C2)n1. The summed E-state index contributed by atoms with van der Waals surface area (Å²) in [6.07, 6.45) is 5.55. The summed E-state index contributed by atoms with van der Waals surface area (Å²) in [6.45, 7) is 6.25. The molecule has 1 aliphatic carbocycles. The highest BCUT2D eigenvalue weighted by atomic mass is 15.3. The van der Waals surface area contributed by atoms with Gasteiger partial charge in [0.15, 0.2) is 0 Å². The lowest BCUT2D eigenvalue weighted by Crippen LogP contribution is -2.43. The molecule has 3 N–H and O–H groups in total. The summed E-state index contributed by atoms with van der Waals surface area (Å²) in [7, 11) is 0. The average Bonchev–Trinajstić information content (AvgIpc) is 2.40. The van der Waals surface area contributed by atoms with Crippen molar-refractivity contribution in [2.24, 2.45) is 17.7 Å². The molecule has 2 atom stereocenters. The monoisotopic (exact) mass is 261 g/mol. The minimum atomic E-state index is 0.748.